The molecule has 0 saturated heterocycles. The minimum absolute atomic E-state index is 0.00579. The molecular formula is C13H16ClF3N2O2S. The minimum Gasteiger partial charge on any atom is -0.329 e. The maximum absolute atomic E-state index is 13.1. The van der Waals surface area contributed by atoms with Crippen molar-refractivity contribution in [2.75, 3.05) is 6.54 Å². The lowest BCUT2D eigenvalue weighted by molar-refractivity contribution is -0.139. The summed E-state index contributed by atoms with van der Waals surface area (Å²) < 4.78 is 66.4. The summed E-state index contributed by atoms with van der Waals surface area (Å²) in [6.07, 6.45) is -3.24. The summed E-state index contributed by atoms with van der Waals surface area (Å²) in [5, 5.41) is -0.185. The molecule has 1 atom stereocenters. The molecule has 0 heterocycles. The molecule has 0 amide bonds. The van der Waals surface area contributed by atoms with E-state index in [0.717, 1.165) is 25.0 Å². The molecule has 1 aliphatic carbocycles. The Morgan fingerprint density at radius 3 is 2.41 bits per heavy atom. The number of nitrogens with two attached hydrogens (primary N) is 1. The van der Waals surface area contributed by atoms with Crippen LogP contribution in [0.1, 0.15) is 25.3 Å². The SMILES string of the molecule is CC(CN)(NS(=O)(=O)c1ccc(Cl)cc1C(F)(F)F)C1CC1. The van der Waals surface area contributed by atoms with Gasteiger partial charge in [-0.15, -0.1) is 0 Å². The van der Waals surface area contributed by atoms with Gasteiger partial charge in [0.25, 0.3) is 0 Å². The fourth-order valence-corrected chi connectivity index (χ4v) is 4.19. The number of nitrogens with one attached hydrogen (secondary N) is 1. The largest absolute Gasteiger partial charge is 0.417 e. The maximum Gasteiger partial charge on any atom is 0.417 e. The molecule has 22 heavy (non-hydrogen) atoms. The predicted octanol–water partition coefficient (Wildman–Crippen LogP) is 2.76. The van der Waals surface area contributed by atoms with Crippen LogP contribution in [0.3, 0.4) is 0 Å². The Balaban J connectivity index is 2.46. The van der Waals surface area contributed by atoms with Crippen molar-refractivity contribution < 1.29 is 21.6 Å². The molecule has 0 radical (unpaired) electrons. The fraction of sp³-hybridized carbons (Fsp3) is 0.538. The number of benzene rings is 1. The standard InChI is InChI=1S/C13H16ClF3N2O2S/c1-12(7-18,8-2-3-8)19-22(20,21)11-5-4-9(14)6-10(11)13(15,16)17/h4-6,8,19H,2-3,7,18H2,1H3. The lowest BCUT2D eigenvalue weighted by Gasteiger charge is -2.29. The van der Waals surface area contributed by atoms with Gasteiger partial charge in [-0.3, -0.25) is 0 Å². The third kappa shape index (κ3) is 3.56. The van der Waals surface area contributed by atoms with Crippen molar-refractivity contribution in [2.24, 2.45) is 11.7 Å². The molecule has 0 aromatic heterocycles. The molecule has 4 nitrogen and oxygen atoms in total. The highest BCUT2D eigenvalue weighted by molar-refractivity contribution is 7.89. The van der Waals surface area contributed by atoms with E-state index >= 15 is 0 Å². The second-order valence-corrected chi connectivity index (χ2v) is 7.73. The first kappa shape index (κ1) is 17.5. The van der Waals surface area contributed by atoms with Crippen LogP contribution < -0.4 is 10.5 Å². The van der Waals surface area contributed by atoms with Crippen molar-refractivity contribution >= 4 is 21.6 Å². The van der Waals surface area contributed by atoms with E-state index in [-0.39, 0.29) is 17.5 Å². The summed E-state index contributed by atoms with van der Waals surface area (Å²) in [4.78, 5) is -0.843. The Labute approximate surface area is 131 Å². The number of hydrogen-bond acceptors (Lipinski definition) is 3. The van der Waals surface area contributed by atoms with Crippen molar-refractivity contribution in [1.29, 1.82) is 0 Å². The second kappa shape index (κ2) is 5.67. The Kier molecular flexibility index (Phi) is 4.51. The van der Waals surface area contributed by atoms with Crippen molar-refractivity contribution in [1.82, 2.24) is 4.72 Å². The van der Waals surface area contributed by atoms with Crippen LogP contribution in [-0.2, 0) is 16.2 Å². The monoisotopic (exact) mass is 356 g/mol. The van der Waals surface area contributed by atoms with Gasteiger partial charge in [-0.05, 0) is 43.9 Å². The summed E-state index contributed by atoms with van der Waals surface area (Å²) in [7, 11) is -4.37. The summed E-state index contributed by atoms with van der Waals surface area (Å²) in [6.45, 7) is 1.61. The second-order valence-electron chi connectivity index (χ2n) is 5.64. The number of hydrogen-bond donors (Lipinski definition) is 2. The van der Waals surface area contributed by atoms with Gasteiger partial charge in [0, 0.05) is 17.1 Å². The van der Waals surface area contributed by atoms with Crippen LogP contribution in [0, 0.1) is 5.92 Å². The summed E-state index contributed by atoms with van der Waals surface area (Å²) in [6, 6.07) is 2.58. The highest BCUT2D eigenvalue weighted by atomic mass is 35.5. The molecule has 0 bridgehead atoms. The molecule has 1 saturated carbocycles. The Morgan fingerprint density at radius 2 is 1.95 bits per heavy atom. The first-order valence-electron chi connectivity index (χ1n) is 6.60. The zero-order valence-electron chi connectivity index (χ0n) is 11.7. The Hall–Kier alpha value is -0.830. The molecule has 3 N–H and O–H groups in total. The Morgan fingerprint density at radius 1 is 1.36 bits per heavy atom. The topological polar surface area (TPSA) is 72.2 Å². The van der Waals surface area contributed by atoms with Crippen LogP contribution in [0.2, 0.25) is 5.02 Å². The number of rotatable bonds is 5. The normalized spacial score (nSPS) is 19.0. The van der Waals surface area contributed by atoms with Gasteiger partial charge in [0.2, 0.25) is 10.0 Å². The van der Waals surface area contributed by atoms with Crippen LogP contribution in [0.5, 0.6) is 0 Å². The molecule has 1 fully saturated rings. The van der Waals surface area contributed by atoms with Gasteiger partial charge in [0.15, 0.2) is 0 Å². The first-order chi connectivity index (χ1) is 9.99. The smallest absolute Gasteiger partial charge is 0.329 e. The van der Waals surface area contributed by atoms with E-state index in [1.807, 2.05) is 0 Å². The van der Waals surface area contributed by atoms with E-state index in [0.29, 0.717) is 6.07 Å². The van der Waals surface area contributed by atoms with Crippen molar-refractivity contribution in [3.05, 3.63) is 28.8 Å². The zero-order chi connectivity index (χ0) is 16.8. The first-order valence-corrected chi connectivity index (χ1v) is 8.46. The number of sulfonamides is 1. The lowest BCUT2D eigenvalue weighted by Crippen LogP contribution is -2.53. The summed E-state index contributed by atoms with van der Waals surface area (Å²) in [5.41, 5.74) is 3.36. The summed E-state index contributed by atoms with van der Waals surface area (Å²) >= 11 is 5.56. The molecule has 124 valence electrons. The predicted molar refractivity (Wildman–Crippen MR) is 77.0 cm³/mol. The molecular weight excluding hydrogens is 341 g/mol. The highest BCUT2D eigenvalue weighted by Crippen LogP contribution is 2.41. The molecule has 1 aromatic carbocycles. The van der Waals surface area contributed by atoms with E-state index in [9.17, 15) is 21.6 Å². The van der Waals surface area contributed by atoms with Gasteiger partial charge in [-0.25, -0.2) is 13.1 Å². The molecule has 0 aliphatic heterocycles. The Bertz CT molecular complexity index is 674. The van der Waals surface area contributed by atoms with Gasteiger partial charge < -0.3 is 5.73 Å². The highest BCUT2D eigenvalue weighted by Gasteiger charge is 2.45. The van der Waals surface area contributed by atoms with Gasteiger partial charge >= 0.3 is 6.18 Å². The van der Waals surface area contributed by atoms with Crippen LogP contribution >= 0.6 is 11.6 Å². The van der Waals surface area contributed by atoms with Crippen LogP contribution in [0.4, 0.5) is 13.2 Å². The minimum atomic E-state index is -4.83. The molecule has 0 spiro atoms. The third-order valence-corrected chi connectivity index (χ3v) is 5.71. The van der Waals surface area contributed by atoms with E-state index < -0.39 is 32.2 Å². The third-order valence-electron chi connectivity index (χ3n) is 3.81. The van der Waals surface area contributed by atoms with E-state index in [2.05, 4.69) is 4.72 Å². The quantitative estimate of drug-likeness (QED) is 0.852. The van der Waals surface area contributed by atoms with Crippen molar-refractivity contribution in [3.8, 4) is 0 Å². The van der Waals surface area contributed by atoms with Gasteiger partial charge in [0.1, 0.15) is 0 Å². The average Bonchev–Trinajstić information content (AvgIpc) is 3.21. The van der Waals surface area contributed by atoms with Gasteiger partial charge in [-0.2, -0.15) is 13.2 Å². The zero-order valence-corrected chi connectivity index (χ0v) is 13.3. The molecule has 1 aromatic rings. The van der Waals surface area contributed by atoms with Gasteiger partial charge in [-0.1, -0.05) is 11.6 Å². The molecule has 1 aliphatic rings. The maximum atomic E-state index is 13.1. The molecule has 2 rings (SSSR count). The lowest BCUT2D eigenvalue weighted by atomic mass is 9.98. The van der Waals surface area contributed by atoms with E-state index in [4.69, 9.17) is 17.3 Å². The van der Waals surface area contributed by atoms with E-state index in [1.165, 1.54) is 0 Å². The van der Waals surface area contributed by atoms with Crippen LogP contribution in [0.25, 0.3) is 0 Å². The summed E-state index contributed by atoms with van der Waals surface area (Å²) in [5.74, 6) is 0.0360. The number of halogens is 4. The van der Waals surface area contributed by atoms with Crippen molar-refractivity contribution in [3.63, 3.8) is 0 Å². The van der Waals surface area contributed by atoms with Crippen molar-refractivity contribution in [2.45, 2.75) is 36.4 Å². The fourth-order valence-electron chi connectivity index (χ4n) is 2.33. The van der Waals surface area contributed by atoms with E-state index in [1.54, 1.807) is 6.92 Å². The van der Waals surface area contributed by atoms with Crippen LogP contribution in [0.15, 0.2) is 23.1 Å². The molecule has 1 unspecified atom stereocenters. The average molecular weight is 357 g/mol. The molecule has 9 heteroatoms. The number of alkyl halides is 3. The van der Waals surface area contributed by atoms with Gasteiger partial charge in [0.05, 0.1) is 10.5 Å². The van der Waals surface area contributed by atoms with Crippen LogP contribution in [-0.4, -0.2) is 20.5 Å².